The van der Waals surface area contributed by atoms with E-state index in [9.17, 15) is 9.59 Å². The zero-order chi connectivity index (χ0) is 22.5. The molecule has 1 amide bonds. The van der Waals surface area contributed by atoms with Crippen LogP contribution >= 0.6 is 0 Å². The normalized spacial score (nSPS) is 14.2. The van der Waals surface area contributed by atoms with Crippen LogP contribution in [-0.2, 0) is 9.53 Å². The Morgan fingerprint density at radius 2 is 1.72 bits per heavy atom. The molecule has 1 aliphatic rings. The number of para-hydroxylation sites is 2. The minimum atomic E-state index is -0.175. The lowest BCUT2D eigenvalue weighted by atomic mass is 9.96. The van der Waals surface area contributed by atoms with Crippen molar-refractivity contribution in [2.45, 2.75) is 19.8 Å². The maximum atomic E-state index is 13.6. The Morgan fingerprint density at radius 1 is 1.03 bits per heavy atom. The van der Waals surface area contributed by atoms with Gasteiger partial charge in [0.15, 0.2) is 0 Å². The summed E-state index contributed by atoms with van der Waals surface area (Å²) < 4.78 is 12.4. The number of likely N-dealkylation sites (tertiary alicyclic amines) is 1. The Balaban J connectivity index is 1.66. The predicted molar refractivity (Wildman–Crippen MR) is 121 cm³/mol. The highest BCUT2D eigenvalue weighted by Gasteiger charge is 2.31. The van der Waals surface area contributed by atoms with E-state index in [0.717, 1.165) is 11.3 Å². The van der Waals surface area contributed by atoms with E-state index in [0.29, 0.717) is 49.5 Å². The van der Waals surface area contributed by atoms with Crippen molar-refractivity contribution in [3.05, 3.63) is 66.4 Å². The fourth-order valence-electron chi connectivity index (χ4n) is 4.03. The van der Waals surface area contributed by atoms with Crippen LogP contribution in [0, 0.1) is 5.92 Å². The number of hydrogen-bond donors (Lipinski definition) is 0. The molecule has 2 aromatic carbocycles. The predicted octanol–water partition coefficient (Wildman–Crippen LogP) is 3.96. The second-order valence-electron chi connectivity index (χ2n) is 7.69. The fourth-order valence-corrected chi connectivity index (χ4v) is 4.03. The maximum absolute atomic E-state index is 13.6. The number of aromatic nitrogens is 2. The Bertz CT molecular complexity index is 1090. The zero-order valence-electron chi connectivity index (χ0n) is 18.4. The van der Waals surface area contributed by atoms with Gasteiger partial charge in [0, 0.05) is 24.8 Å². The highest BCUT2D eigenvalue weighted by Crippen LogP contribution is 2.33. The van der Waals surface area contributed by atoms with E-state index in [2.05, 4.69) is 0 Å². The molecule has 0 N–H and O–H groups in total. The minimum Gasteiger partial charge on any atom is -0.496 e. The van der Waals surface area contributed by atoms with E-state index < -0.39 is 0 Å². The van der Waals surface area contributed by atoms with Gasteiger partial charge in [-0.05, 0) is 44.0 Å². The lowest BCUT2D eigenvalue weighted by Gasteiger charge is -2.30. The van der Waals surface area contributed by atoms with Gasteiger partial charge in [-0.15, -0.1) is 0 Å². The Morgan fingerprint density at radius 3 is 2.41 bits per heavy atom. The summed E-state index contributed by atoms with van der Waals surface area (Å²) in [6.07, 6.45) is 2.97. The van der Waals surface area contributed by atoms with Crippen molar-refractivity contribution in [1.82, 2.24) is 14.7 Å². The van der Waals surface area contributed by atoms with Crippen molar-refractivity contribution in [1.29, 1.82) is 0 Å². The van der Waals surface area contributed by atoms with Crippen molar-refractivity contribution < 1.29 is 19.1 Å². The maximum Gasteiger partial charge on any atom is 0.309 e. The molecule has 3 aromatic rings. The third-order valence-electron chi connectivity index (χ3n) is 5.73. The highest BCUT2D eigenvalue weighted by molar-refractivity contribution is 6.00. The van der Waals surface area contributed by atoms with E-state index in [4.69, 9.17) is 14.6 Å². The van der Waals surface area contributed by atoms with Crippen molar-refractivity contribution in [2.24, 2.45) is 5.92 Å². The third-order valence-corrected chi connectivity index (χ3v) is 5.73. The van der Waals surface area contributed by atoms with Gasteiger partial charge >= 0.3 is 5.97 Å². The summed E-state index contributed by atoms with van der Waals surface area (Å²) in [4.78, 5) is 27.4. The first-order valence-corrected chi connectivity index (χ1v) is 10.9. The zero-order valence-corrected chi connectivity index (χ0v) is 18.4. The molecule has 0 bridgehead atoms. The summed E-state index contributed by atoms with van der Waals surface area (Å²) in [5.41, 5.74) is 2.70. The Hall–Kier alpha value is -3.61. The number of esters is 1. The van der Waals surface area contributed by atoms with Crippen molar-refractivity contribution >= 4 is 11.9 Å². The van der Waals surface area contributed by atoms with Crippen LogP contribution in [0.5, 0.6) is 5.75 Å². The molecule has 0 unspecified atom stereocenters. The molecular formula is C25H27N3O4. The van der Waals surface area contributed by atoms with Gasteiger partial charge in [-0.3, -0.25) is 9.59 Å². The molecule has 0 radical (unpaired) electrons. The van der Waals surface area contributed by atoms with E-state index in [1.54, 1.807) is 29.8 Å². The van der Waals surface area contributed by atoms with Gasteiger partial charge in [0.25, 0.3) is 5.91 Å². The number of piperidine rings is 1. The molecule has 2 heterocycles. The first-order chi connectivity index (χ1) is 15.6. The van der Waals surface area contributed by atoms with E-state index in [1.165, 1.54) is 0 Å². The summed E-state index contributed by atoms with van der Waals surface area (Å²) in [5, 5.41) is 4.76. The average molecular weight is 434 g/mol. The summed E-state index contributed by atoms with van der Waals surface area (Å²) in [7, 11) is 1.61. The van der Waals surface area contributed by atoms with Gasteiger partial charge in [-0.2, -0.15) is 5.10 Å². The number of hydrogen-bond acceptors (Lipinski definition) is 5. The number of nitrogens with zero attached hydrogens (tertiary/aromatic N) is 3. The van der Waals surface area contributed by atoms with Crippen molar-refractivity contribution in [3.8, 4) is 22.7 Å². The molecule has 7 heteroatoms. The van der Waals surface area contributed by atoms with Gasteiger partial charge in [0.1, 0.15) is 11.4 Å². The molecule has 1 saturated heterocycles. The number of methoxy groups -OCH3 is 1. The molecule has 0 saturated carbocycles. The largest absolute Gasteiger partial charge is 0.496 e. The molecule has 7 nitrogen and oxygen atoms in total. The molecule has 0 atom stereocenters. The summed E-state index contributed by atoms with van der Waals surface area (Å²) in [5.74, 6) is 0.224. The number of carbonyl (C=O) groups is 2. The van der Waals surface area contributed by atoms with E-state index >= 15 is 0 Å². The molecule has 32 heavy (non-hydrogen) atoms. The molecular weight excluding hydrogens is 406 g/mol. The lowest BCUT2D eigenvalue weighted by Crippen LogP contribution is -2.40. The summed E-state index contributed by atoms with van der Waals surface area (Å²) >= 11 is 0. The van der Waals surface area contributed by atoms with Crippen LogP contribution in [0.25, 0.3) is 16.9 Å². The topological polar surface area (TPSA) is 73.7 Å². The quantitative estimate of drug-likeness (QED) is 0.550. The minimum absolute atomic E-state index is 0.101. The number of rotatable bonds is 6. The standard InChI is InChI=1S/C25H27N3O4/c1-3-32-25(30)18-13-15-27(16-14-18)24(29)21-17-28(19-9-5-4-6-10-19)26-23(21)20-11-7-8-12-22(20)31-2/h4-12,17-18H,3,13-16H2,1-2H3. The first-order valence-electron chi connectivity index (χ1n) is 10.9. The highest BCUT2D eigenvalue weighted by atomic mass is 16.5. The molecule has 1 fully saturated rings. The van der Waals surface area contributed by atoms with Crippen LogP contribution in [0.3, 0.4) is 0 Å². The number of carbonyl (C=O) groups excluding carboxylic acids is 2. The summed E-state index contributed by atoms with van der Waals surface area (Å²) in [6, 6.07) is 17.2. The van der Waals surface area contributed by atoms with Crippen LogP contribution in [0.15, 0.2) is 60.8 Å². The summed E-state index contributed by atoms with van der Waals surface area (Å²) in [6.45, 7) is 3.19. The monoisotopic (exact) mass is 433 g/mol. The van der Waals surface area contributed by atoms with Crippen LogP contribution in [0.2, 0.25) is 0 Å². The SMILES string of the molecule is CCOC(=O)C1CCN(C(=O)c2cn(-c3ccccc3)nc2-c2ccccc2OC)CC1. The number of amides is 1. The molecule has 0 aliphatic carbocycles. The van der Waals surface area contributed by atoms with Gasteiger partial charge in [0.05, 0.1) is 30.9 Å². The third kappa shape index (κ3) is 4.37. The van der Waals surface area contributed by atoms with E-state index in [1.807, 2.05) is 54.6 Å². The smallest absolute Gasteiger partial charge is 0.309 e. The number of ether oxygens (including phenoxy) is 2. The van der Waals surface area contributed by atoms with Gasteiger partial charge in [0.2, 0.25) is 0 Å². The first kappa shape index (κ1) is 21.6. The van der Waals surface area contributed by atoms with Crippen LogP contribution in [-0.4, -0.2) is 53.4 Å². The van der Waals surface area contributed by atoms with Gasteiger partial charge < -0.3 is 14.4 Å². The van der Waals surface area contributed by atoms with Crippen LogP contribution in [0.4, 0.5) is 0 Å². The lowest BCUT2D eigenvalue weighted by molar-refractivity contribution is -0.149. The van der Waals surface area contributed by atoms with E-state index in [-0.39, 0.29) is 17.8 Å². The second kappa shape index (κ2) is 9.68. The molecule has 1 aromatic heterocycles. The average Bonchev–Trinajstić information content (AvgIpc) is 3.29. The van der Waals surface area contributed by atoms with Gasteiger partial charge in [-0.25, -0.2) is 4.68 Å². The van der Waals surface area contributed by atoms with Crippen LogP contribution < -0.4 is 4.74 Å². The van der Waals surface area contributed by atoms with Gasteiger partial charge in [-0.1, -0.05) is 30.3 Å². The molecule has 4 rings (SSSR count). The van der Waals surface area contributed by atoms with Crippen molar-refractivity contribution in [3.63, 3.8) is 0 Å². The molecule has 1 aliphatic heterocycles. The Labute approximate surface area is 187 Å². The van der Waals surface area contributed by atoms with Crippen LogP contribution in [0.1, 0.15) is 30.1 Å². The fraction of sp³-hybridized carbons (Fsp3) is 0.320. The molecule has 166 valence electrons. The second-order valence-corrected chi connectivity index (χ2v) is 7.69. The van der Waals surface area contributed by atoms with Crippen molar-refractivity contribution in [2.75, 3.05) is 26.8 Å². The number of benzene rings is 2. The Kier molecular flexibility index (Phi) is 6.54. The molecule has 0 spiro atoms.